The molecule has 1 aromatic heterocycles. The van der Waals surface area contributed by atoms with Gasteiger partial charge in [0.05, 0.1) is 5.69 Å². The Morgan fingerprint density at radius 2 is 1.85 bits per heavy atom. The topological polar surface area (TPSA) is 61.6 Å². The van der Waals surface area contributed by atoms with Crippen molar-refractivity contribution >= 4 is 19.7 Å². The van der Waals surface area contributed by atoms with Gasteiger partial charge in [-0.3, -0.25) is 0 Å². The summed E-state index contributed by atoms with van der Waals surface area (Å²) in [5.41, 5.74) is 8.64. The van der Waals surface area contributed by atoms with Crippen LogP contribution in [0.15, 0.2) is 40.9 Å². The molecule has 0 bridgehead atoms. The molecule has 3 aromatic rings. The molecule has 0 spiro atoms. The number of urea groups is 1. The molecular weight excluding hydrogens is 411 g/mol. The van der Waals surface area contributed by atoms with E-state index >= 15 is 0 Å². The molecule has 33 heavy (non-hydrogen) atoms. The van der Waals surface area contributed by atoms with Crippen LogP contribution in [0, 0.1) is 27.7 Å². The molecule has 0 fully saturated rings. The van der Waals surface area contributed by atoms with E-state index in [0.717, 1.165) is 40.4 Å². The van der Waals surface area contributed by atoms with Gasteiger partial charge in [-0.2, -0.15) is 0 Å². The van der Waals surface area contributed by atoms with Gasteiger partial charge in [0.25, 0.3) is 0 Å². The van der Waals surface area contributed by atoms with Crippen molar-refractivity contribution in [3.8, 4) is 11.1 Å². The van der Waals surface area contributed by atoms with Crippen LogP contribution < -0.4 is 5.32 Å². The number of nitrogens with zero attached hydrogens (tertiary/aromatic N) is 3. The number of nitrogens with one attached hydrogen (secondary N) is 1. The van der Waals surface area contributed by atoms with E-state index in [-0.39, 0.29) is 11.9 Å². The van der Waals surface area contributed by atoms with Crippen LogP contribution in [0.2, 0.25) is 0 Å². The zero-order valence-corrected chi connectivity index (χ0v) is 21.1. The summed E-state index contributed by atoms with van der Waals surface area (Å²) < 4.78 is 5.38. The number of hydrogen-bond acceptors (Lipinski definition) is 4. The van der Waals surface area contributed by atoms with Crippen molar-refractivity contribution in [3.05, 3.63) is 70.1 Å². The lowest BCUT2D eigenvalue weighted by Gasteiger charge is -2.24. The lowest BCUT2D eigenvalue weighted by molar-refractivity contribution is 0.220. The lowest BCUT2D eigenvalue weighted by Crippen LogP contribution is -2.34. The molecular formula is C26H35BN4O2. The number of benzene rings is 2. The summed E-state index contributed by atoms with van der Waals surface area (Å²) in [5.74, 6) is 1.04. The smallest absolute Gasteiger partial charge is 0.321 e. The number of carbonyl (C=O) groups excluding carboxylic acids is 1. The van der Waals surface area contributed by atoms with E-state index in [1.54, 1.807) is 4.90 Å². The van der Waals surface area contributed by atoms with Crippen LogP contribution in [-0.4, -0.2) is 49.5 Å². The molecule has 0 aliphatic carbocycles. The summed E-state index contributed by atoms with van der Waals surface area (Å²) in [6.07, 6.45) is 0. The highest BCUT2D eigenvalue weighted by molar-refractivity contribution is 6.04. The summed E-state index contributed by atoms with van der Waals surface area (Å²) in [6, 6.07) is 12.4. The van der Waals surface area contributed by atoms with Gasteiger partial charge in [-0.15, -0.1) is 0 Å². The SMILES string of the molecule is BN(C)Cc1cc(NC(=O)N(C)C[C@H](C)c2ccc(C)cc2C)ccc1-c1c(C)noc1C. The number of likely N-dealkylation sites (N-methyl/N-ethyl adjacent to an activating group) is 1. The highest BCUT2D eigenvalue weighted by Crippen LogP contribution is 2.32. The van der Waals surface area contributed by atoms with Crippen LogP contribution in [0.5, 0.6) is 0 Å². The predicted octanol–water partition coefficient (Wildman–Crippen LogP) is 4.82. The van der Waals surface area contributed by atoms with Gasteiger partial charge in [-0.05, 0) is 75.0 Å². The Hall–Kier alpha value is -3.06. The van der Waals surface area contributed by atoms with Gasteiger partial charge in [0.2, 0.25) is 0 Å². The van der Waals surface area contributed by atoms with E-state index in [2.05, 4.69) is 54.3 Å². The summed E-state index contributed by atoms with van der Waals surface area (Å²) in [4.78, 5) is 16.8. The second-order valence-corrected chi connectivity index (χ2v) is 9.38. The first-order valence-electron chi connectivity index (χ1n) is 11.4. The summed E-state index contributed by atoms with van der Waals surface area (Å²) in [7, 11) is 5.91. The van der Waals surface area contributed by atoms with Crippen LogP contribution in [0.3, 0.4) is 0 Å². The molecule has 0 aliphatic heterocycles. The second kappa shape index (κ2) is 10.3. The van der Waals surface area contributed by atoms with Crippen LogP contribution >= 0.6 is 0 Å². The van der Waals surface area contributed by atoms with Gasteiger partial charge in [0.15, 0.2) is 7.98 Å². The molecule has 2 aromatic carbocycles. The Labute approximate surface area is 198 Å². The normalized spacial score (nSPS) is 12.1. The zero-order valence-electron chi connectivity index (χ0n) is 21.1. The van der Waals surface area contributed by atoms with Gasteiger partial charge < -0.3 is 19.6 Å². The van der Waals surface area contributed by atoms with Gasteiger partial charge in [-0.1, -0.05) is 41.9 Å². The average molecular weight is 446 g/mol. The molecule has 2 amide bonds. The van der Waals surface area contributed by atoms with E-state index in [0.29, 0.717) is 6.54 Å². The van der Waals surface area contributed by atoms with Crippen molar-refractivity contribution in [2.45, 2.75) is 47.1 Å². The van der Waals surface area contributed by atoms with Gasteiger partial charge in [0.1, 0.15) is 5.76 Å². The number of rotatable bonds is 7. The monoisotopic (exact) mass is 446 g/mol. The Balaban J connectivity index is 1.77. The minimum absolute atomic E-state index is 0.118. The standard InChI is InChI=1S/C26H35BN4O2/c1-16-8-10-23(17(2)12-16)18(3)14-30(6)26(32)28-22-9-11-24(21(13-22)15-31(7)27)25-19(4)29-33-20(25)5/h8-13,18H,14-15,27H2,1-7H3,(H,28,32)/t18-/m0/s1. The predicted molar refractivity (Wildman–Crippen MR) is 137 cm³/mol. The second-order valence-electron chi connectivity index (χ2n) is 9.38. The Kier molecular flexibility index (Phi) is 7.64. The highest BCUT2D eigenvalue weighted by atomic mass is 16.5. The Morgan fingerprint density at radius 1 is 1.12 bits per heavy atom. The fraction of sp³-hybridized carbons (Fsp3) is 0.385. The van der Waals surface area contributed by atoms with Crippen molar-refractivity contribution in [1.82, 2.24) is 14.9 Å². The number of hydrogen-bond donors (Lipinski definition) is 1. The fourth-order valence-corrected chi connectivity index (χ4v) is 4.44. The molecule has 0 aliphatic rings. The highest BCUT2D eigenvalue weighted by Gasteiger charge is 2.18. The number of amides is 2. The maximum absolute atomic E-state index is 13.0. The first-order valence-corrected chi connectivity index (χ1v) is 11.4. The molecule has 1 heterocycles. The van der Waals surface area contributed by atoms with Gasteiger partial charge in [-0.25, -0.2) is 4.79 Å². The molecule has 0 saturated heterocycles. The molecule has 1 N–H and O–H groups in total. The molecule has 6 nitrogen and oxygen atoms in total. The minimum atomic E-state index is -0.118. The van der Waals surface area contributed by atoms with Crippen LogP contribution in [-0.2, 0) is 6.54 Å². The quantitative estimate of drug-likeness (QED) is 0.529. The van der Waals surface area contributed by atoms with Crippen LogP contribution in [0.25, 0.3) is 11.1 Å². The number of carbonyl (C=O) groups is 1. The van der Waals surface area contributed by atoms with E-state index in [1.165, 1.54) is 16.7 Å². The van der Waals surface area contributed by atoms with Gasteiger partial charge >= 0.3 is 6.03 Å². The molecule has 1 atom stereocenters. The van der Waals surface area contributed by atoms with Gasteiger partial charge in [0, 0.05) is 31.4 Å². The number of anilines is 1. The zero-order chi connectivity index (χ0) is 24.3. The fourth-order valence-electron chi connectivity index (χ4n) is 4.44. The van der Waals surface area contributed by atoms with Crippen molar-refractivity contribution in [3.63, 3.8) is 0 Å². The van der Waals surface area contributed by atoms with E-state index in [9.17, 15) is 4.79 Å². The first kappa shape index (κ1) is 24.6. The maximum Gasteiger partial charge on any atom is 0.321 e. The van der Waals surface area contributed by atoms with Crippen LogP contribution in [0.4, 0.5) is 10.5 Å². The third-order valence-electron chi connectivity index (χ3n) is 6.00. The summed E-state index contributed by atoms with van der Waals surface area (Å²) in [5, 5.41) is 7.17. The molecule has 0 radical (unpaired) electrons. The van der Waals surface area contributed by atoms with Crippen molar-refractivity contribution in [2.75, 3.05) is 26.0 Å². The largest absolute Gasteiger partial charge is 0.361 e. The number of aryl methyl sites for hydroxylation is 4. The minimum Gasteiger partial charge on any atom is -0.361 e. The maximum atomic E-state index is 13.0. The molecule has 0 unspecified atom stereocenters. The molecule has 174 valence electrons. The molecule has 7 heteroatoms. The van der Waals surface area contributed by atoms with Crippen molar-refractivity contribution in [1.29, 1.82) is 0 Å². The Bertz CT molecular complexity index is 1120. The third kappa shape index (κ3) is 5.85. The van der Waals surface area contributed by atoms with Crippen molar-refractivity contribution in [2.24, 2.45) is 0 Å². The molecule has 0 saturated carbocycles. The molecule has 3 rings (SSSR count). The summed E-state index contributed by atoms with van der Waals surface area (Å²) in [6.45, 7) is 11.6. The Morgan fingerprint density at radius 3 is 2.45 bits per heavy atom. The number of aromatic nitrogens is 1. The van der Waals surface area contributed by atoms with Crippen molar-refractivity contribution < 1.29 is 9.32 Å². The summed E-state index contributed by atoms with van der Waals surface area (Å²) >= 11 is 0. The average Bonchev–Trinajstić information content (AvgIpc) is 3.05. The van der Waals surface area contributed by atoms with Crippen LogP contribution in [0.1, 0.15) is 46.5 Å². The first-order chi connectivity index (χ1) is 15.6. The third-order valence-corrected chi connectivity index (χ3v) is 6.00. The van der Waals surface area contributed by atoms with E-state index in [4.69, 9.17) is 4.52 Å². The van der Waals surface area contributed by atoms with E-state index < -0.39 is 0 Å². The lowest BCUT2D eigenvalue weighted by atomic mass is 9.94. The van der Waals surface area contributed by atoms with E-state index in [1.807, 2.05) is 54.1 Å².